The van der Waals surface area contributed by atoms with Gasteiger partial charge in [-0.3, -0.25) is 0 Å². The fourth-order valence-electron chi connectivity index (χ4n) is 3.75. The molecule has 3 aromatic carbocycles. The molecule has 0 radical (unpaired) electrons. The van der Waals surface area contributed by atoms with E-state index in [9.17, 15) is 23.1 Å². The lowest BCUT2D eigenvalue weighted by Gasteiger charge is -2.22. The van der Waals surface area contributed by atoms with E-state index in [0.717, 1.165) is 39.9 Å². The van der Waals surface area contributed by atoms with Gasteiger partial charge in [0.15, 0.2) is 11.2 Å². The summed E-state index contributed by atoms with van der Waals surface area (Å²) in [6, 6.07) is 16.3. The Morgan fingerprint density at radius 2 is 1.71 bits per heavy atom. The molecule has 4 rings (SSSR count). The summed E-state index contributed by atoms with van der Waals surface area (Å²) in [4.78, 5) is 11.4. The van der Waals surface area contributed by atoms with E-state index >= 15 is 0 Å². The van der Waals surface area contributed by atoms with E-state index in [0.29, 0.717) is 29.7 Å². The Balaban J connectivity index is 1.51. The average molecular weight is 483 g/mol. The van der Waals surface area contributed by atoms with Crippen LogP contribution in [-0.4, -0.2) is 21.8 Å². The number of carboxylic acids is 1. The molecule has 0 aliphatic rings. The number of benzene rings is 3. The molecule has 0 aliphatic carbocycles. The predicted molar refractivity (Wildman–Crippen MR) is 125 cm³/mol. The summed E-state index contributed by atoms with van der Waals surface area (Å²) in [6.45, 7) is 4.78. The molecule has 0 saturated heterocycles. The highest BCUT2D eigenvalue weighted by molar-refractivity contribution is 5.83. The van der Waals surface area contributed by atoms with Crippen molar-refractivity contribution in [1.29, 1.82) is 0 Å². The van der Waals surface area contributed by atoms with Crippen LogP contribution in [0.3, 0.4) is 0 Å². The minimum Gasteiger partial charge on any atom is -0.478 e. The normalized spacial score (nSPS) is 12.2. The molecule has 0 unspecified atom stereocenters. The molecular formula is C27H24F3NO4. The largest absolute Gasteiger partial charge is 0.478 e. The molecule has 5 nitrogen and oxygen atoms in total. The van der Waals surface area contributed by atoms with Crippen molar-refractivity contribution in [3.05, 3.63) is 83.0 Å². The van der Waals surface area contributed by atoms with Crippen LogP contribution in [0.15, 0.2) is 65.2 Å². The Labute approximate surface area is 200 Å². The highest BCUT2D eigenvalue weighted by Crippen LogP contribution is 2.32. The van der Waals surface area contributed by atoms with Gasteiger partial charge in [-0.15, -0.1) is 0 Å². The molecule has 0 atom stereocenters. The van der Waals surface area contributed by atoms with Crippen LogP contribution in [0.25, 0.3) is 22.1 Å². The lowest BCUT2D eigenvalue weighted by atomic mass is 9.99. The number of hydrogen-bond acceptors (Lipinski definition) is 4. The van der Waals surface area contributed by atoms with Crippen molar-refractivity contribution in [3.63, 3.8) is 0 Å². The summed E-state index contributed by atoms with van der Waals surface area (Å²) in [5.41, 5.74) is 2.51. The Hall–Kier alpha value is -3.81. The fourth-order valence-corrected chi connectivity index (χ4v) is 3.75. The van der Waals surface area contributed by atoms with E-state index in [4.69, 9.17) is 9.26 Å². The van der Waals surface area contributed by atoms with Crippen molar-refractivity contribution < 1.29 is 32.3 Å². The second kappa shape index (κ2) is 9.09. The Kier molecular flexibility index (Phi) is 6.32. The maximum absolute atomic E-state index is 12.8. The molecule has 0 spiro atoms. The van der Waals surface area contributed by atoms with E-state index < -0.39 is 23.3 Å². The standard InChI is InChI=1S/C27H24F3NO4/c1-16-13-21-22(31-35-24(21)15-23(16)34-26(2,3)25(32)33)12-7-17-5-4-6-19(14-17)18-8-10-20(11-9-18)27(28,29)30/h4-6,8-11,13-15H,7,12H2,1-3H3,(H,32,33). The maximum Gasteiger partial charge on any atom is 0.416 e. The molecule has 0 fully saturated rings. The van der Waals surface area contributed by atoms with Gasteiger partial charge in [0, 0.05) is 11.5 Å². The summed E-state index contributed by atoms with van der Waals surface area (Å²) in [5, 5.41) is 14.3. The highest BCUT2D eigenvalue weighted by Gasteiger charge is 2.31. The van der Waals surface area contributed by atoms with E-state index in [2.05, 4.69) is 5.16 Å². The first-order valence-electron chi connectivity index (χ1n) is 11.0. The quantitative estimate of drug-likeness (QED) is 0.311. The Morgan fingerprint density at radius 1 is 1.00 bits per heavy atom. The first-order chi connectivity index (χ1) is 16.4. The summed E-state index contributed by atoms with van der Waals surface area (Å²) >= 11 is 0. The smallest absolute Gasteiger partial charge is 0.416 e. The molecule has 182 valence electrons. The fraction of sp³-hybridized carbons (Fsp3) is 0.259. The lowest BCUT2D eigenvalue weighted by molar-refractivity contribution is -0.152. The average Bonchev–Trinajstić information content (AvgIpc) is 3.19. The van der Waals surface area contributed by atoms with Crippen molar-refractivity contribution >= 4 is 16.9 Å². The van der Waals surface area contributed by atoms with Gasteiger partial charge in [-0.05, 0) is 74.1 Å². The summed E-state index contributed by atoms with van der Waals surface area (Å²) in [7, 11) is 0. The third-order valence-electron chi connectivity index (χ3n) is 5.85. The number of aryl methyl sites for hydroxylation is 3. The molecule has 8 heteroatoms. The minimum atomic E-state index is -4.36. The molecule has 0 saturated carbocycles. The SMILES string of the molecule is Cc1cc2c(CCc3cccc(-c4ccc(C(F)(F)F)cc4)c3)noc2cc1OC(C)(C)C(=O)O. The number of aromatic nitrogens is 1. The van der Waals surface area contributed by atoms with Gasteiger partial charge in [-0.25, -0.2) is 4.79 Å². The second-order valence-corrected chi connectivity index (χ2v) is 8.94. The van der Waals surface area contributed by atoms with Crippen molar-refractivity contribution in [1.82, 2.24) is 5.16 Å². The number of alkyl halides is 3. The number of hydrogen-bond donors (Lipinski definition) is 1. The zero-order valence-corrected chi connectivity index (χ0v) is 19.4. The van der Waals surface area contributed by atoms with E-state index in [1.54, 1.807) is 6.07 Å². The number of nitrogens with zero attached hydrogens (tertiary/aromatic N) is 1. The van der Waals surface area contributed by atoms with Gasteiger partial charge in [-0.1, -0.05) is 41.6 Å². The summed E-state index contributed by atoms with van der Waals surface area (Å²) in [5.74, 6) is -0.661. The summed E-state index contributed by atoms with van der Waals surface area (Å²) < 4.78 is 49.7. The monoisotopic (exact) mass is 483 g/mol. The number of aliphatic carboxylic acids is 1. The number of halogens is 3. The number of carbonyl (C=O) groups is 1. The highest BCUT2D eigenvalue weighted by atomic mass is 19.4. The lowest BCUT2D eigenvalue weighted by Crippen LogP contribution is -2.38. The van der Waals surface area contributed by atoms with E-state index in [1.807, 2.05) is 37.3 Å². The molecule has 1 N–H and O–H groups in total. The maximum atomic E-state index is 12.8. The van der Waals surface area contributed by atoms with Gasteiger partial charge in [0.2, 0.25) is 0 Å². The Morgan fingerprint density at radius 3 is 2.37 bits per heavy atom. The zero-order valence-electron chi connectivity index (χ0n) is 19.4. The van der Waals surface area contributed by atoms with Crippen molar-refractivity contribution in [2.24, 2.45) is 0 Å². The molecule has 4 aromatic rings. The van der Waals surface area contributed by atoms with Crippen molar-refractivity contribution in [2.45, 2.75) is 45.4 Å². The molecule has 35 heavy (non-hydrogen) atoms. The van der Waals surface area contributed by atoms with Crippen LogP contribution in [0, 0.1) is 6.92 Å². The first kappa shape index (κ1) is 24.3. The van der Waals surface area contributed by atoms with Gasteiger partial charge in [0.05, 0.1) is 11.3 Å². The van der Waals surface area contributed by atoms with Crippen LogP contribution < -0.4 is 4.74 Å². The summed E-state index contributed by atoms with van der Waals surface area (Å²) in [6.07, 6.45) is -3.12. The van der Waals surface area contributed by atoms with Gasteiger partial charge >= 0.3 is 12.1 Å². The molecule has 0 amide bonds. The number of fused-ring (bicyclic) bond motifs is 1. The van der Waals surface area contributed by atoms with Crippen LogP contribution in [-0.2, 0) is 23.8 Å². The molecule has 1 aromatic heterocycles. The van der Waals surface area contributed by atoms with Gasteiger partial charge in [-0.2, -0.15) is 13.2 Å². The van der Waals surface area contributed by atoms with Crippen LogP contribution in [0.5, 0.6) is 5.75 Å². The van der Waals surface area contributed by atoms with E-state index in [-0.39, 0.29) is 0 Å². The van der Waals surface area contributed by atoms with Gasteiger partial charge in [0.25, 0.3) is 0 Å². The third kappa shape index (κ3) is 5.31. The zero-order chi connectivity index (χ0) is 25.4. The topological polar surface area (TPSA) is 72.6 Å². The number of carboxylic acid groups (broad SMARTS) is 1. The van der Waals surface area contributed by atoms with Crippen molar-refractivity contribution in [2.75, 3.05) is 0 Å². The minimum absolute atomic E-state index is 0.414. The number of ether oxygens (including phenoxy) is 1. The first-order valence-corrected chi connectivity index (χ1v) is 11.0. The van der Waals surface area contributed by atoms with Crippen LogP contribution in [0.2, 0.25) is 0 Å². The molecule has 1 heterocycles. The van der Waals surface area contributed by atoms with Crippen molar-refractivity contribution in [3.8, 4) is 16.9 Å². The van der Waals surface area contributed by atoms with E-state index in [1.165, 1.54) is 26.0 Å². The van der Waals surface area contributed by atoms with Crippen LogP contribution in [0.1, 0.15) is 36.2 Å². The Bertz CT molecular complexity index is 1370. The molecule has 0 bridgehead atoms. The number of rotatable bonds is 7. The third-order valence-corrected chi connectivity index (χ3v) is 5.85. The van der Waals surface area contributed by atoms with Crippen LogP contribution in [0.4, 0.5) is 13.2 Å². The molecule has 0 aliphatic heterocycles. The second-order valence-electron chi connectivity index (χ2n) is 8.94. The predicted octanol–water partition coefficient (Wildman–Crippen LogP) is 6.85. The van der Waals surface area contributed by atoms with Gasteiger partial charge < -0.3 is 14.4 Å². The van der Waals surface area contributed by atoms with Gasteiger partial charge in [0.1, 0.15) is 5.75 Å². The van der Waals surface area contributed by atoms with Crippen LogP contribution >= 0.6 is 0 Å². The molecular weight excluding hydrogens is 459 g/mol.